The lowest BCUT2D eigenvalue weighted by Gasteiger charge is -2.22. The molecule has 0 aliphatic rings. The van der Waals surface area contributed by atoms with Gasteiger partial charge in [-0.3, -0.25) is 0 Å². The van der Waals surface area contributed by atoms with Crippen molar-refractivity contribution in [2.75, 3.05) is 37.0 Å². The van der Waals surface area contributed by atoms with Gasteiger partial charge in [0.1, 0.15) is 0 Å². The number of nitrogens with zero attached hydrogens (tertiary/aromatic N) is 4. The Morgan fingerprint density at radius 2 is 0.667 bits per heavy atom. The normalized spacial score (nSPS) is 10.1. The van der Waals surface area contributed by atoms with Crippen LogP contribution in [0.5, 0.6) is 0 Å². The third-order valence-corrected chi connectivity index (χ3v) is 9.64. The van der Waals surface area contributed by atoms with Crippen LogP contribution in [-0.2, 0) is 0 Å². The Hall–Kier alpha value is -1.18. The maximum atomic E-state index is 8.72. The van der Waals surface area contributed by atoms with E-state index in [1.165, 1.54) is 12.3 Å². The van der Waals surface area contributed by atoms with Crippen LogP contribution in [0.3, 0.4) is 0 Å². The first-order valence-corrected chi connectivity index (χ1v) is 12.5. The van der Waals surface area contributed by atoms with Crippen LogP contribution in [0, 0.1) is 45.3 Å². The molecule has 0 amide bonds. The van der Waals surface area contributed by atoms with Gasteiger partial charge in [0.25, 0.3) is 0 Å². The molecule has 130 valence electrons. The second-order valence-electron chi connectivity index (χ2n) is 5.73. The molecule has 0 heterocycles. The highest BCUT2D eigenvalue weighted by Crippen LogP contribution is 2.45. The smallest absolute Gasteiger partial charge is 0.0621 e. The van der Waals surface area contributed by atoms with Gasteiger partial charge in [0.2, 0.25) is 0 Å². The van der Waals surface area contributed by atoms with Gasteiger partial charge >= 0.3 is 0 Å². The van der Waals surface area contributed by atoms with Gasteiger partial charge in [-0.2, -0.15) is 21.0 Å². The monoisotopic (exact) mass is 362 g/mol. The van der Waals surface area contributed by atoms with E-state index in [1.54, 1.807) is 0 Å². The van der Waals surface area contributed by atoms with E-state index in [0.29, 0.717) is 25.7 Å². The fourth-order valence-corrected chi connectivity index (χ4v) is 8.51. The maximum absolute atomic E-state index is 8.72. The molecule has 0 unspecified atom stereocenters. The molecule has 0 aliphatic carbocycles. The van der Waals surface area contributed by atoms with Crippen molar-refractivity contribution >= 4 is 15.8 Å². The van der Waals surface area contributed by atoms with Gasteiger partial charge in [0, 0.05) is 25.7 Å². The Bertz CT molecular complexity index is 383. The quantitative estimate of drug-likeness (QED) is 0.297. The zero-order valence-electron chi connectivity index (χ0n) is 14.6. The van der Waals surface area contributed by atoms with E-state index >= 15 is 0 Å². The van der Waals surface area contributed by atoms with Crippen molar-refractivity contribution < 1.29 is 0 Å². The number of nitriles is 4. The van der Waals surface area contributed by atoms with Crippen LogP contribution in [0.1, 0.15) is 51.4 Å². The molecule has 0 aromatic carbocycles. The average Bonchev–Trinajstić information content (AvgIpc) is 2.59. The van der Waals surface area contributed by atoms with Crippen LogP contribution in [0.25, 0.3) is 0 Å². The fourth-order valence-electron chi connectivity index (χ4n) is 2.48. The molecular weight excluding hydrogens is 334 g/mol. The molecule has 0 atom stereocenters. The minimum absolute atomic E-state index is 0.0696. The molecule has 0 radical (unpaired) electrons. The zero-order chi connectivity index (χ0) is 17.9. The molecule has 0 aromatic rings. The van der Waals surface area contributed by atoms with Crippen LogP contribution in [0.4, 0.5) is 0 Å². The second-order valence-corrected chi connectivity index (χ2v) is 11.1. The van der Waals surface area contributed by atoms with E-state index in [2.05, 4.69) is 24.3 Å². The summed E-state index contributed by atoms with van der Waals surface area (Å²) < 4.78 is 0. The Morgan fingerprint density at radius 3 is 0.875 bits per heavy atom. The van der Waals surface area contributed by atoms with Crippen LogP contribution in [0.2, 0.25) is 0 Å². The largest absolute Gasteiger partial charge is 0.198 e. The molecule has 24 heavy (non-hydrogen) atoms. The molecule has 0 rings (SSSR count). The molecule has 0 aliphatic heterocycles. The summed E-state index contributed by atoms with van der Waals surface area (Å²) in [5.41, 5.74) is 0. The minimum Gasteiger partial charge on any atom is -0.198 e. The summed E-state index contributed by atoms with van der Waals surface area (Å²) in [6, 6.07) is 8.90. The molecule has 0 fully saturated rings. The Balaban J connectivity index is 4.33. The lowest BCUT2D eigenvalue weighted by molar-refractivity contribution is 0.936. The van der Waals surface area contributed by atoms with Crippen LogP contribution < -0.4 is 0 Å². The van der Waals surface area contributed by atoms with Gasteiger partial charge < -0.3 is 0 Å². The van der Waals surface area contributed by atoms with E-state index in [-0.39, 0.29) is 15.8 Å². The highest BCUT2D eigenvalue weighted by molar-refractivity contribution is 7.61. The second kappa shape index (κ2) is 18.2. The van der Waals surface area contributed by atoms with Gasteiger partial charge in [-0.25, -0.2) is 0 Å². The highest BCUT2D eigenvalue weighted by atomic mass is 31.1. The summed E-state index contributed by atoms with van der Waals surface area (Å²) >= 11 is 0. The molecule has 4 nitrogen and oxygen atoms in total. The van der Waals surface area contributed by atoms with Gasteiger partial charge in [0.15, 0.2) is 0 Å². The Labute approximate surface area is 150 Å². The first kappa shape index (κ1) is 22.8. The van der Waals surface area contributed by atoms with Gasteiger partial charge in [-0.05, 0) is 62.7 Å². The molecule has 0 N–H and O–H groups in total. The highest BCUT2D eigenvalue weighted by Gasteiger charge is 2.13. The van der Waals surface area contributed by atoms with Crippen LogP contribution >= 0.6 is 15.8 Å². The summed E-state index contributed by atoms with van der Waals surface area (Å²) in [6.45, 7) is 0. The van der Waals surface area contributed by atoms with Gasteiger partial charge in [-0.15, -0.1) is 15.8 Å². The maximum Gasteiger partial charge on any atom is 0.0621 e. The number of hydrogen-bond acceptors (Lipinski definition) is 4. The molecule has 6 heteroatoms. The van der Waals surface area contributed by atoms with Crippen LogP contribution in [-0.4, -0.2) is 37.0 Å². The molecule has 0 aromatic heterocycles. The van der Waals surface area contributed by atoms with E-state index in [9.17, 15) is 0 Å². The first-order valence-electron chi connectivity index (χ1n) is 8.71. The molecule has 0 saturated carbocycles. The van der Waals surface area contributed by atoms with Crippen molar-refractivity contribution in [3.05, 3.63) is 0 Å². The standard InChI is InChI=1S/C18H28N4P2/c19-9-1-5-13-23(14-6-2-10-20)17-18-24(15-7-3-11-21)16-8-4-12-22/h1-8,13-18H2. The summed E-state index contributed by atoms with van der Waals surface area (Å²) in [6.07, 6.45) is 13.5. The third kappa shape index (κ3) is 14.4. The van der Waals surface area contributed by atoms with Crippen molar-refractivity contribution in [2.45, 2.75) is 51.4 Å². The van der Waals surface area contributed by atoms with Crippen molar-refractivity contribution in [1.82, 2.24) is 0 Å². The van der Waals surface area contributed by atoms with Crippen molar-refractivity contribution in [3.63, 3.8) is 0 Å². The molecular formula is C18H28N4P2. The summed E-state index contributed by atoms with van der Waals surface area (Å²) in [5.74, 6) is 0. The lowest BCUT2D eigenvalue weighted by Crippen LogP contribution is -2.03. The average molecular weight is 362 g/mol. The third-order valence-electron chi connectivity index (χ3n) is 3.78. The topological polar surface area (TPSA) is 95.2 Å². The number of unbranched alkanes of at least 4 members (excludes halogenated alkanes) is 4. The number of rotatable bonds is 15. The van der Waals surface area contributed by atoms with E-state index in [4.69, 9.17) is 21.0 Å². The molecule has 0 spiro atoms. The van der Waals surface area contributed by atoms with Crippen LogP contribution in [0.15, 0.2) is 0 Å². The number of hydrogen-bond donors (Lipinski definition) is 0. The lowest BCUT2D eigenvalue weighted by atomic mass is 10.4. The molecule has 0 saturated heterocycles. The molecule has 0 bridgehead atoms. The Kier molecular flexibility index (Phi) is 17.3. The minimum atomic E-state index is -0.0696. The first-order chi connectivity index (χ1) is 11.8. The Morgan fingerprint density at radius 1 is 0.417 bits per heavy atom. The summed E-state index contributed by atoms with van der Waals surface area (Å²) in [5, 5.41) is 34.9. The van der Waals surface area contributed by atoms with Crippen molar-refractivity contribution in [1.29, 1.82) is 21.0 Å². The van der Waals surface area contributed by atoms with Gasteiger partial charge in [-0.1, -0.05) is 0 Å². The SMILES string of the molecule is N#CCCCP(CCCC#N)CCP(CCCC#N)CCCC#N. The summed E-state index contributed by atoms with van der Waals surface area (Å²) in [4.78, 5) is 0. The van der Waals surface area contributed by atoms with Crippen molar-refractivity contribution in [3.8, 4) is 24.3 Å². The van der Waals surface area contributed by atoms with E-state index in [0.717, 1.165) is 50.3 Å². The summed E-state index contributed by atoms with van der Waals surface area (Å²) in [7, 11) is -0.139. The van der Waals surface area contributed by atoms with Gasteiger partial charge in [0.05, 0.1) is 24.3 Å². The van der Waals surface area contributed by atoms with E-state index < -0.39 is 0 Å². The van der Waals surface area contributed by atoms with E-state index in [1.807, 2.05) is 0 Å². The predicted octanol–water partition coefficient (Wildman–Crippen LogP) is 5.17. The fraction of sp³-hybridized carbons (Fsp3) is 0.778. The zero-order valence-corrected chi connectivity index (χ0v) is 16.4. The van der Waals surface area contributed by atoms with Crippen molar-refractivity contribution in [2.24, 2.45) is 0 Å². The predicted molar refractivity (Wildman–Crippen MR) is 102 cm³/mol.